The highest BCUT2D eigenvalue weighted by atomic mass is 28.4. The zero-order valence-electron chi connectivity index (χ0n) is 14.8. The molecule has 0 aliphatic heterocycles. The van der Waals surface area contributed by atoms with Gasteiger partial charge in [-0.25, -0.2) is 0 Å². The van der Waals surface area contributed by atoms with Crippen LogP contribution >= 0.6 is 0 Å². The molecule has 0 saturated carbocycles. The van der Waals surface area contributed by atoms with Crippen molar-refractivity contribution in [1.29, 1.82) is 0 Å². The van der Waals surface area contributed by atoms with Crippen LogP contribution in [0, 0.1) is 0 Å². The third-order valence-electron chi connectivity index (χ3n) is 3.76. The van der Waals surface area contributed by atoms with Gasteiger partial charge in [0, 0.05) is 19.8 Å². The summed E-state index contributed by atoms with van der Waals surface area (Å²) in [6.07, 6.45) is 4.99. The molecule has 0 aliphatic rings. The van der Waals surface area contributed by atoms with Crippen molar-refractivity contribution in [2.45, 2.75) is 64.7 Å². The second-order valence-electron chi connectivity index (χ2n) is 5.82. The van der Waals surface area contributed by atoms with Crippen LogP contribution in [0.3, 0.4) is 0 Å². The Bertz CT molecular complexity index is 401. The van der Waals surface area contributed by atoms with Crippen molar-refractivity contribution in [1.82, 2.24) is 0 Å². The van der Waals surface area contributed by atoms with Gasteiger partial charge in [0.15, 0.2) is 0 Å². The Morgan fingerprint density at radius 3 is 2.35 bits per heavy atom. The van der Waals surface area contributed by atoms with Crippen LogP contribution in [0.1, 0.15) is 57.9 Å². The Morgan fingerprint density at radius 2 is 1.74 bits per heavy atom. The lowest BCUT2D eigenvalue weighted by molar-refractivity contribution is -0.0793. The molecular weight excluding hydrogens is 308 g/mol. The van der Waals surface area contributed by atoms with E-state index in [0.29, 0.717) is 19.1 Å². The number of benzene rings is 1. The molecular formula is C18H32O4Si. The fraction of sp³-hybridized carbons (Fsp3) is 0.667. The maximum atomic E-state index is 10.2. The summed E-state index contributed by atoms with van der Waals surface area (Å²) < 4.78 is 17.7. The second kappa shape index (κ2) is 11.8. The molecule has 132 valence electrons. The van der Waals surface area contributed by atoms with Gasteiger partial charge in [-0.1, -0.05) is 63.4 Å². The van der Waals surface area contributed by atoms with Gasteiger partial charge in [0.1, 0.15) is 6.29 Å². The first-order valence-corrected chi connectivity index (χ1v) is 10.7. The molecule has 0 radical (unpaired) electrons. The lowest BCUT2D eigenvalue weighted by Crippen LogP contribution is -2.50. The van der Waals surface area contributed by atoms with Crippen molar-refractivity contribution in [2.24, 2.45) is 0 Å². The van der Waals surface area contributed by atoms with Crippen LogP contribution in [0.5, 0.6) is 0 Å². The summed E-state index contributed by atoms with van der Waals surface area (Å²) >= 11 is 0. The summed E-state index contributed by atoms with van der Waals surface area (Å²) in [5, 5.41) is 10.2. The first-order chi connectivity index (χ1) is 11.2. The van der Waals surface area contributed by atoms with Crippen molar-refractivity contribution in [3.05, 3.63) is 35.9 Å². The fourth-order valence-corrected chi connectivity index (χ4v) is 4.71. The van der Waals surface area contributed by atoms with Gasteiger partial charge in [-0.05, 0) is 24.8 Å². The molecule has 0 fully saturated rings. The maximum absolute atomic E-state index is 10.2. The van der Waals surface area contributed by atoms with Gasteiger partial charge in [0.05, 0.1) is 0 Å². The number of hydrogen-bond acceptors (Lipinski definition) is 4. The van der Waals surface area contributed by atoms with Crippen LogP contribution in [-0.2, 0) is 19.3 Å². The minimum Gasteiger partial charge on any atom is -0.377 e. The van der Waals surface area contributed by atoms with Crippen molar-refractivity contribution >= 4 is 8.80 Å². The minimum absolute atomic E-state index is 0.583. The summed E-state index contributed by atoms with van der Waals surface area (Å²) in [4.78, 5) is 0. The Morgan fingerprint density at radius 1 is 1.04 bits per heavy atom. The van der Waals surface area contributed by atoms with E-state index in [1.54, 1.807) is 7.11 Å². The zero-order chi connectivity index (χ0) is 17.0. The molecule has 0 amide bonds. The third-order valence-corrected chi connectivity index (χ3v) is 6.50. The van der Waals surface area contributed by atoms with Gasteiger partial charge in [-0.15, -0.1) is 0 Å². The Balaban J connectivity index is 2.73. The van der Waals surface area contributed by atoms with Gasteiger partial charge in [0.25, 0.3) is 0 Å². The molecule has 0 heterocycles. The first kappa shape index (κ1) is 20.3. The average Bonchev–Trinajstić information content (AvgIpc) is 2.57. The summed E-state index contributed by atoms with van der Waals surface area (Å²) in [6.45, 7) is 4.87. The van der Waals surface area contributed by atoms with E-state index < -0.39 is 15.1 Å². The summed E-state index contributed by atoms with van der Waals surface area (Å²) in [6, 6.07) is 10.6. The zero-order valence-corrected chi connectivity index (χ0v) is 15.8. The fourth-order valence-electron chi connectivity index (χ4n) is 2.38. The van der Waals surface area contributed by atoms with Crippen molar-refractivity contribution in [3.63, 3.8) is 0 Å². The van der Waals surface area contributed by atoms with E-state index in [0.717, 1.165) is 37.7 Å². The Hall–Kier alpha value is -0.723. The summed E-state index contributed by atoms with van der Waals surface area (Å²) in [5.41, 5.74) is 1.11. The van der Waals surface area contributed by atoms with Crippen molar-refractivity contribution in [3.8, 4) is 0 Å². The predicted octanol–water partition coefficient (Wildman–Crippen LogP) is 4.09. The number of hydrogen-bond donors (Lipinski definition) is 1. The topological polar surface area (TPSA) is 47.9 Å². The highest BCUT2D eigenvalue weighted by molar-refractivity contribution is 6.60. The van der Waals surface area contributed by atoms with Gasteiger partial charge in [-0.2, -0.15) is 0 Å². The normalized spacial score (nSPS) is 15.3. The van der Waals surface area contributed by atoms with Crippen molar-refractivity contribution in [2.75, 3.05) is 13.7 Å². The molecule has 0 saturated heterocycles. The smallest absolute Gasteiger partial charge is 0.377 e. The minimum atomic E-state index is -2.92. The van der Waals surface area contributed by atoms with Crippen LogP contribution in [0.2, 0.25) is 0 Å². The van der Waals surface area contributed by atoms with E-state index >= 15 is 0 Å². The maximum Gasteiger partial charge on any atom is 0.507 e. The number of aliphatic hydroxyl groups is 1. The lowest BCUT2D eigenvalue weighted by Gasteiger charge is -2.30. The van der Waals surface area contributed by atoms with Crippen LogP contribution in [0.4, 0.5) is 0 Å². The van der Waals surface area contributed by atoms with Gasteiger partial charge < -0.3 is 18.4 Å². The number of unbranched alkanes of at least 4 members (excludes halogenated alkanes) is 3. The molecule has 0 aliphatic carbocycles. The molecule has 0 spiro atoms. The van der Waals surface area contributed by atoms with Crippen molar-refractivity contribution < 1.29 is 18.4 Å². The third kappa shape index (κ3) is 8.08. The molecule has 2 atom stereocenters. The predicted molar refractivity (Wildman–Crippen MR) is 95.0 cm³/mol. The SMILES string of the molecule is CCCCCO[Si](Cc1ccccc1)(OC)OC(O)CCCC. The Kier molecular flexibility index (Phi) is 10.4. The number of aliphatic hydroxyl groups excluding tert-OH is 1. The molecule has 4 nitrogen and oxygen atoms in total. The standard InChI is InChI=1S/C18H32O4Si/c1-4-6-11-15-21-23(20-3,22-18(19)14-7-5-2)16-17-12-9-8-10-13-17/h8-10,12-13,18-19H,4-7,11,14-16H2,1-3H3. The Labute approximate surface area is 142 Å². The van der Waals surface area contributed by atoms with E-state index in [9.17, 15) is 5.11 Å². The molecule has 0 bridgehead atoms. The molecule has 1 aromatic carbocycles. The average molecular weight is 341 g/mol. The van der Waals surface area contributed by atoms with Crippen LogP contribution in [-0.4, -0.2) is 33.9 Å². The van der Waals surface area contributed by atoms with E-state index in [-0.39, 0.29) is 0 Å². The monoisotopic (exact) mass is 340 g/mol. The van der Waals surface area contributed by atoms with E-state index in [1.807, 2.05) is 30.3 Å². The first-order valence-electron chi connectivity index (χ1n) is 8.74. The molecule has 0 aromatic heterocycles. The second-order valence-corrected chi connectivity index (χ2v) is 8.47. The summed E-state index contributed by atoms with van der Waals surface area (Å²) in [5.74, 6) is 0. The van der Waals surface area contributed by atoms with Crippen LogP contribution in [0.25, 0.3) is 0 Å². The molecule has 2 unspecified atom stereocenters. The number of rotatable bonds is 13. The molecule has 1 rings (SSSR count). The van der Waals surface area contributed by atoms with E-state index in [4.69, 9.17) is 13.3 Å². The summed E-state index contributed by atoms with van der Waals surface area (Å²) in [7, 11) is -1.30. The quantitative estimate of drug-likeness (QED) is 0.334. The highest BCUT2D eigenvalue weighted by Gasteiger charge is 2.42. The lowest BCUT2D eigenvalue weighted by atomic mass is 10.2. The van der Waals surface area contributed by atoms with Gasteiger partial charge in [0.2, 0.25) is 0 Å². The van der Waals surface area contributed by atoms with E-state index in [2.05, 4.69) is 13.8 Å². The highest BCUT2D eigenvalue weighted by Crippen LogP contribution is 2.20. The van der Waals surface area contributed by atoms with E-state index in [1.165, 1.54) is 0 Å². The molecule has 1 N–H and O–H groups in total. The largest absolute Gasteiger partial charge is 0.507 e. The molecule has 1 aromatic rings. The molecule has 5 heteroatoms. The van der Waals surface area contributed by atoms with Crippen LogP contribution < -0.4 is 0 Å². The molecule has 23 heavy (non-hydrogen) atoms. The van der Waals surface area contributed by atoms with Gasteiger partial charge in [-0.3, -0.25) is 0 Å². The van der Waals surface area contributed by atoms with Gasteiger partial charge >= 0.3 is 8.80 Å². The van der Waals surface area contributed by atoms with Crippen LogP contribution in [0.15, 0.2) is 30.3 Å².